The Labute approximate surface area is 166 Å². The smallest absolute Gasteiger partial charge is 0.227 e. The molecule has 1 unspecified atom stereocenters. The summed E-state index contributed by atoms with van der Waals surface area (Å²) in [5.74, 6) is 1.49. The molecular formula is C20H31N3O5. The van der Waals surface area contributed by atoms with Crippen molar-refractivity contribution in [3.63, 3.8) is 0 Å². The normalized spacial score (nSPS) is 16.4. The predicted octanol–water partition coefficient (Wildman–Crippen LogP) is 1.10. The zero-order valence-corrected chi connectivity index (χ0v) is 17.0. The lowest BCUT2D eigenvalue weighted by Crippen LogP contribution is -2.50. The van der Waals surface area contributed by atoms with E-state index in [2.05, 4.69) is 5.32 Å². The molecule has 1 aliphatic rings. The maximum Gasteiger partial charge on any atom is 0.227 e. The topological polar surface area (TPSA) is 103 Å². The number of amides is 2. The second kappa shape index (κ2) is 10.8. The number of carbonyl (C=O) groups is 2. The largest absolute Gasteiger partial charge is 0.493 e. The number of benzene rings is 1. The number of piperidine rings is 1. The van der Waals surface area contributed by atoms with Crippen LogP contribution in [0, 0.1) is 0 Å². The standard InChI is InChI=1S/C20H31N3O5/c1-26-16-10-14(11-17(27-2)20(16)28-3)12-19(25)23-9-5-4-6-15(23)13-22-18(24)7-8-21/h10-11,15H,4-9,12-13,21H2,1-3H3,(H,22,24). The SMILES string of the molecule is COc1cc(CC(=O)N2CCCCC2CNC(=O)CCN)cc(OC)c1OC. The van der Waals surface area contributed by atoms with Gasteiger partial charge in [0.1, 0.15) is 0 Å². The fourth-order valence-electron chi connectivity index (χ4n) is 3.51. The number of ether oxygens (including phenoxy) is 3. The number of rotatable bonds is 9. The molecule has 0 aliphatic carbocycles. The monoisotopic (exact) mass is 393 g/mol. The number of methoxy groups -OCH3 is 3. The number of nitrogens with one attached hydrogen (secondary N) is 1. The lowest BCUT2D eigenvalue weighted by Gasteiger charge is -2.36. The van der Waals surface area contributed by atoms with E-state index in [-0.39, 0.29) is 24.3 Å². The van der Waals surface area contributed by atoms with Gasteiger partial charge in [0.05, 0.1) is 27.8 Å². The Bertz CT molecular complexity index is 655. The first-order chi connectivity index (χ1) is 13.5. The Morgan fingerprint density at radius 3 is 2.39 bits per heavy atom. The number of likely N-dealkylation sites (tertiary alicyclic amines) is 1. The van der Waals surface area contributed by atoms with Crippen molar-refractivity contribution in [3.05, 3.63) is 17.7 Å². The summed E-state index contributed by atoms with van der Waals surface area (Å²) in [5.41, 5.74) is 6.20. The van der Waals surface area contributed by atoms with Gasteiger partial charge in [-0.1, -0.05) is 0 Å². The first-order valence-corrected chi connectivity index (χ1v) is 9.59. The Kier molecular flexibility index (Phi) is 8.38. The van der Waals surface area contributed by atoms with Gasteiger partial charge in [0, 0.05) is 32.1 Å². The van der Waals surface area contributed by atoms with Crippen LogP contribution >= 0.6 is 0 Å². The highest BCUT2D eigenvalue weighted by Crippen LogP contribution is 2.38. The Balaban J connectivity index is 2.10. The van der Waals surface area contributed by atoms with Gasteiger partial charge in [-0.15, -0.1) is 0 Å². The third-order valence-corrected chi connectivity index (χ3v) is 4.93. The second-order valence-corrected chi connectivity index (χ2v) is 6.79. The van der Waals surface area contributed by atoms with Gasteiger partial charge in [0.15, 0.2) is 11.5 Å². The molecule has 1 atom stereocenters. The molecule has 2 rings (SSSR count). The molecule has 156 valence electrons. The van der Waals surface area contributed by atoms with E-state index in [1.807, 2.05) is 4.90 Å². The van der Waals surface area contributed by atoms with Crippen LogP contribution in [0.4, 0.5) is 0 Å². The predicted molar refractivity (Wildman–Crippen MR) is 106 cm³/mol. The quantitative estimate of drug-likeness (QED) is 0.651. The third kappa shape index (κ3) is 5.51. The van der Waals surface area contributed by atoms with E-state index in [4.69, 9.17) is 19.9 Å². The van der Waals surface area contributed by atoms with Crippen LogP contribution in [-0.2, 0) is 16.0 Å². The van der Waals surface area contributed by atoms with Crippen molar-refractivity contribution >= 4 is 11.8 Å². The van der Waals surface area contributed by atoms with Crippen molar-refractivity contribution in [3.8, 4) is 17.2 Å². The summed E-state index contributed by atoms with van der Waals surface area (Å²) in [6.07, 6.45) is 3.42. The molecule has 0 aromatic heterocycles. The van der Waals surface area contributed by atoms with E-state index < -0.39 is 0 Å². The zero-order valence-electron chi connectivity index (χ0n) is 17.0. The molecule has 0 radical (unpaired) electrons. The molecule has 1 saturated heterocycles. The molecule has 1 aliphatic heterocycles. The van der Waals surface area contributed by atoms with E-state index in [0.29, 0.717) is 43.3 Å². The molecule has 3 N–H and O–H groups in total. The highest BCUT2D eigenvalue weighted by atomic mass is 16.5. The van der Waals surface area contributed by atoms with Crippen molar-refractivity contribution in [2.45, 2.75) is 38.1 Å². The van der Waals surface area contributed by atoms with Crippen molar-refractivity contribution in [2.24, 2.45) is 5.73 Å². The van der Waals surface area contributed by atoms with Gasteiger partial charge in [0.2, 0.25) is 17.6 Å². The van der Waals surface area contributed by atoms with Crippen LogP contribution in [0.15, 0.2) is 12.1 Å². The minimum Gasteiger partial charge on any atom is -0.493 e. The van der Waals surface area contributed by atoms with E-state index >= 15 is 0 Å². The van der Waals surface area contributed by atoms with Gasteiger partial charge in [0.25, 0.3) is 0 Å². The van der Waals surface area contributed by atoms with Crippen LogP contribution in [-0.4, -0.2) is 63.7 Å². The Hall–Kier alpha value is -2.48. The van der Waals surface area contributed by atoms with Gasteiger partial charge in [-0.05, 0) is 37.0 Å². The van der Waals surface area contributed by atoms with E-state index in [0.717, 1.165) is 24.8 Å². The van der Waals surface area contributed by atoms with Crippen molar-refractivity contribution in [1.82, 2.24) is 10.2 Å². The van der Waals surface area contributed by atoms with Crippen LogP contribution < -0.4 is 25.3 Å². The fraction of sp³-hybridized carbons (Fsp3) is 0.600. The number of hydrogen-bond donors (Lipinski definition) is 2. The summed E-state index contributed by atoms with van der Waals surface area (Å²) in [5, 5.41) is 2.88. The molecule has 1 fully saturated rings. The first kappa shape index (κ1) is 21.8. The summed E-state index contributed by atoms with van der Waals surface area (Å²) in [7, 11) is 4.64. The summed E-state index contributed by atoms with van der Waals surface area (Å²) in [6.45, 7) is 1.47. The van der Waals surface area contributed by atoms with Crippen molar-refractivity contribution in [1.29, 1.82) is 0 Å². The molecule has 1 heterocycles. The molecule has 0 saturated carbocycles. The Morgan fingerprint density at radius 1 is 1.14 bits per heavy atom. The van der Waals surface area contributed by atoms with Gasteiger partial charge in [-0.2, -0.15) is 0 Å². The average molecular weight is 393 g/mol. The number of nitrogens with zero attached hydrogens (tertiary/aromatic N) is 1. The fourth-order valence-corrected chi connectivity index (χ4v) is 3.51. The number of hydrogen-bond acceptors (Lipinski definition) is 6. The molecule has 8 nitrogen and oxygen atoms in total. The molecule has 2 amide bonds. The maximum absolute atomic E-state index is 13.0. The highest BCUT2D eigenvalue weighted by molar-refractivity contribution is 5.80. The summed E-state index contributed by atoms with van der Waals surface area (Å²) in [6, 6.07) is 3.59. The Morgan fingerprint density at radius 2 is 1.82 bits per heavy atom. The van der Waals surface area contributed by atoms with E-state index in [1.165, 1.54) is 0 Å². The average Bonchev–Trinajstić information content (AvgIpc) is 2.71. The van der Waals surface area contributed by atoms with Crippen LogP contribution in [0.5, 0.6) is 17.2 Å². The number of carbonyl (C=O) groups excluding carboxylic acids is 2. The molecule has 0 bridgehead atoms. The molecule has 1 aromatic carbocycles. The van der Waals surface area contributed by atoms with Crippen LogP contribution in [0.2, 0.25) is 0 Å². The minimum atomic E-state index is -0.0786. The van der Waals surface area contributed by atoms with Crippen LogP contribution in [0.3, 0.4) is 0 Å². The first-order valence-electron chi connectivity index (χ1n) is 9.59. The van der Waals surface area contributed by atoms with Crippen LogP contribution in [0.25, 0.3) is 0 Å². The summed E-state index contributed by atoms with van der Waals surface area (Å²) < 4.78 is 16.1. The second-order valence-electron chi connectivity index (χ2n) is 6.79. The minimum absolute atomic E-state index is 0.00464. The summed E-state index contributed by atoms with van der Waals surface area (Å²) >= 11 is 0. The van der Waals surface area contributed by atoms with Gasteiger partial charge < -0.3 is 30.2 Å². The summed E-state index contributed by atoms with van der Waals surface area (Å²) in [4.78, 5) is 26.6. The van der Waals surface area contributed by atoms with Gasteiger partial charge in [-0.25, -0.2) is 0 Å². The molecule has 8 heteroatoms. The molecule has 0 spiro atoms. The van der Waals surface area contributed by atoms with Crippen LogP contribution in [0.1, 0.15) is 31.2 Å². The lowest BCUT2D eigenvalue weighted by atomic mass is 10.00. The molecule has 28 heavy (non-hydrogen) atoms. The van der Waals surface area contributed by atoms with E-state index in [9.17, 15) is 9.59 Å². The molecular weight excluding hydrogens is 362 g/mol. The third-order valence-electron chi connectivity index (χ3n) is 4.93. The van der Waals surface area contributed by atoms with E-state index in [1.54, 1.807) is 33.5 Å². The highest BCUT2D eigenvalue weighted by Gasteiger charge is 2.27. The molecule has 1 aromatic rings. The van der Waals surface area contributed by atoms with Crippen molar-refractivity contribution in [2.75, 3.05) is 41.0 Å². The zero-order chi connectivity index (χ0) is 20.5. The lowest BCUT2D eigenvalue weighted by molar-refractivity contribution is -0.134. The van der Waals surface area contributed by atoms with Gasteiger partial charge in [-0.3, -0.25) is 9.59 Å². The van der Waals surface area contributed by atoms with Crippen molar-refractivity contribution < 1.29 is 23.8 Å². The van der Waals surface area contributed by atoms with Gasteiger partial charge >= 0.3 is 0 Å². The number of nitrogens with two attached hydrogens (primary N) is 1. The maximum atomic E-state index is 13.0.